The van der Waals surface area contributed by atoms with Crippen molar-refractivity contribution < 1.29 is 0 Å². The van der Waals surface area contributed by atoms with Gasteiger partial charge in [-0.25, -0.2) is 9.97 Å². The quantitative estimate of drug-likeness (QED) is 0.767. The number of unbranched alkanes of at least 4 members (excludes halogenated alkanes) is 1. The smallest absolute Gasteiger partial charge is 0.152 e. The van der Waals surface area contributed by atoms with Gasteiger partial charge in [0, 0.05) is 12.6 Å². The first-order valence-corrected chi connectivity index (χ1v) is 7.30. The average Bonchev–Trinajstić information content (AvgIpc) is 2.85. The number of hydrogen-bond acceptors (Lipinski definition) is 5. The third-order valence-corrected chi connectivity index (χ3v) is 3.64. The molecule has 3 heterocycles. The number of nitrogen functional groups attached to an aromatic ring is 1. The van der Waals surface area contributed by atoms with Crippen molar-refractivity contribution >= 4 is 27.9 Å². The lowest BCUT2D eigenvalue weighted by atomic mass is 10.2. The van der Waals surface area contributed by atoms with E-state index >= 15 is 0 Å². The van der Waals surface area contributed by atoms with Gasteiger partial charge >= 0.3 is 0 Å². The van der Waals surface area contributed by atoms with Crippen LogP contribution >= 0.6 is 0 Å². The molecule has 0 spiro atoms. The van der Waals surface area contributed by atoms with Gasteiger partial charge in [-0.3, -0.25) is 4.98 Å². The minimum absolute atomic E-state index is 0.186. The molecule has 0 aliphatic carbocycles. The zero-order valence-electron chi connectivity index (χ0n) is 12.4. The normalized spacial score (nSPS) is 13.1. The zero-order chi connectivity index (χ0) is 15.0. The zero-order valence-corrected chi connectivity index (χ0v) is 12.4. The summed E-state index contributed by atoms with van der Waals surface area (Å²) in [5.74, 6) is 1.39. The fraction of sp³-hybridized carbons (Fsp3) is 0.400. The summed E-state index contributed by atoms with van der Waals surface area (Å²) >= 11 is 0. The minimum atomic E-state index is -0.186. The fourth-order valence-electron chi connectivity index (χ4n) is 2.69. The lowest BCUT2D eigenvalue weighted by molar-refractivity contribution is 0.551. The lowest BCUT2D eigenvalue weighted by Crippen LogP contribution is -2.17. The molecule has 0 fully saturated rings. The van der Waals surface area contributed by atoms with Crippen LogP contribution in [0.1, 0.15) is 38.7 Å². The maximum Gasteiger partial charge on any atom is 0.152 e. The van der Waals surface area contributed by atoms with Gasteiger partial charge in [0.1, 0.15) is 22.4 Å². The Kier molecular flexibility index (Phi) is 3.47. The van der Waals surface area contributed by atoms with Crippen molar-refractivity contribution in [3.05, 3.63) is 24.2 Å². The number of aromatic nitrogens is 4. The molecule has 0 aliphatic rings. The first kappa shape index (κ1) is 13.8. The van der Waals surface area contributed by atoms with Gasteiger partial charge in [0.15, 0.2) is 5.82 Å². The van der Waals surface area contributed by atoms with E-state index in [0.29, 0.717) is 11.3 Å². The van der Waals surface area contributed by atoms with Crippen molar-refractivity contribution in [3.63, 3.8) is 0 Å². The molecule has 3 aromatic heterocycles. The van der Waals surface area contributed by atoms with Gasteiger partial charge in [-0.05, 0) is 25.5 Å². The van der Waals surface area contributed by atoms with E-state index in [0.717, 1.165) is 41.6 Å². The van der Waals surface area contributed by atoms with Gasteiger partial charge in [0.05, 0.1) is 11.7 Å². The summed E-state index contributed by atoms with van der Waals surface area (Å²) in [5, 5.41) is 0. The highest BCUT2D eigenvalue weighted by Crippen LogP contribution is 2.29. The van der Waals surface area contributed by atoms with Crippen LogP contribution in [0.3, 0.4) is 0 Å². The van der Waals surface area contributed by atoms with Crippen LogP contribution in [-0.2, 0) is 6.42 Å². The molecule has 3 aromatic rings. The Balaban J connectivity index is 2.38. The largest absolute Gasteiger partial charge is 0.382 e. The second-order valence-corrected chi connectivity index (χ2v) is 5.31. The molecule has 4 N–H and O–H groups in total. The van der Waals surface area contributed by atoms with Crippen LogP contribution < -0.4 is 11.5 Å². The van der Waals surface area contributed by atoms with Crippen LogP contribution in [0, 0.1) is 0 Å². The predicted octanol–water partition coefficient (Wildman–Crippen LogP) is 2.38. The third kappa shape index (κ3) is 2.21. The summed E-state index contributed by atoms with van der Waals surface area (Å²) in [6.45, 7) is 4.10. The summed E-state index contributed by atoms with van der Waals surface area (Å²) in [7, 11) is 0. The molecule has 0 bridgehead atoms. The summed E-state index contributed by atoms with van der Waals surface area (Å²) in [4.78, 5) is 13.5. The van der Waals surface area contributed by atoms with E-state index in [2.05, 4.69) is 21.9 Å². The van der Waals surface area contributed by atoms with Gasteiger partial charge in [-0.2, -0.15) is 0 Å². The van der Waals surface area contributed by atoms with Crippen molar-refractivity contribution in [1.29, 1.82) is 0 Å². The second-order valence-electron chi connectivity index (χ2n) is 5.31. The Morgan fingerprint density at radius 1 is 1.29 bits per heavy atom. The molecule has 0 amide bonds. The van der Waals surface area contributed by atoms with Crippen LogP contribution in [0.2, 0.25) is 0 Å². The number of anilines is 1. The van der Waals surface area contributed by atoms with Crippen LogP contribution in [-0.4, -0.2) is 19.5 Å². The molecule has 1 atom stereocenters. The van der Waals surface area contributed by atoms with Crippen molar-refractivity contribution in [1.82, 2.24) is 19.5 Å². The Bertz CT molecular complexity index is 790. The maximum absolute atomic E-state index is 6.17. The SMILES string of the molecule is CCCCc1nc2c(N)nc3cccnc3c2n1C(C)N. The molecule has 6 heteroatoms. The van der Waals surface area contributed by atoms with Crippen LogP contribution in [0.4, 0.5) is 5.82 Å². The van der Waals surface area contributed by atoms with Crippen LogP contribution in [0.15, 0.2) is 18.3 Å². The number of nitrogens with zero attached hydrogens (tertiary/aromatic N) is 4. The first-order valence-electron chi connectivity index (χ1n) is 7.30. The van der Waals surface area contributed by atoms with E-state index in [4.69, 9.17) is 11.5 Å². The molecule has 1 unspecified atom stereocenters. The third-order valence-electron chi connectivity index (χ3n) is 3.64. The predicted molar refractivity (Wildman–Crippen MR) is 84.8 cm³/mol. The summed E-state index contributed by atoms with van der Waals surface area (Å²) < 4.78 is 2.04. The van der Waals surface area contributed by atoms with Crippen molar-refractivity contribution in [2.75, 3.05) is 5.73 Å². The van der Waals surface area contributed by atoms with Gasteiger partial charge in [0.25, 0.3) is 0 Å². The molecule has 0 aromatic carbocycles. The first-order chi connectivity index (χ1) is 10.1. The second kappa shape index (κ2) is 5.29. The van der Waals surface area contributed by atoms with E-state index in [1.807, 2.05) is 23.6 Å². The minimum Gasteiger partial charge on any atom is -0.382 e. The highest BCUT2D eigenvalue weighted by molar-refractivity contribution is 6.04. The molecule has 0 saturated heterocycles. The number of rotatable bonds is 4. The molecule has 6 nitrogen and oxygen atoms in total. The number of nitrogens with two attached hydrogens (primary N) is 2. The van der Waals surface area contributed by atoms with E-state index in [1.165, 1.54) is 0 Å². The summed E-state index contributed by atoms with van der Waals surface area (Å²) in [5.41, 5.74) is 15.4. The summed E-state index contributed by atoms with van der Waals surface area (Å²) in [6, 6.07) is 3.76. The Morgan fingerprint density at radius 3 is 2.81 bits per heavy atom. The lowest BCUT2D eigenvalue weighted by Gasteiger charge is -2.13. The fourth-order valence-corrected chi connectivity index (χ4v) is 2.69. The number of fused-ring (bicyclic) bond motifs is 3. The van der Waals surface area contributed by atoms with E-state index < -0.39 is 0 Å². The molecule has 21 heavy (non-hydrogen) atoms. The standard InChI is InChI=1S/C15H20N6/c1-3-4-7-11-20-13-14(21(11)9(2)16)12-10(19-15(13)17)6-5-8-18-12/h5-6,8-9H,3-4,7,16H2,1-2H3,(H2,17,19). The molecular weight excluding hydrogens is 264 g/mol. The molecular formula is C15H20N6. The van der Waals surface area contributed by atoms with Gasteiger partial charge in [-0.1, -0.05) is 13.3 Å². The van der Waals surface area contributed by atoms with Crippen molar-refractivity contribution in [2.24, 2.45) is 5.73 Å². The van der Waals surface area contributed by atoms with Gasteiger partial charge in [0.2, 0.25) is 0 Å². The molecule has 3 rings (SSSR count). The van der Waals surface area contributed by atoms with Gasteiger partial charge < -0.3 is 16.0 Å². The maximum atomic E-state index is 6.17. The van der Waals surface area contributed by atoms with Crippen molar-refractivity contribution in [3.8, 4) is 0 Å². The van der Waals surface area contributed by atoms with E-state index in [9.17, 15) is 0 Å². The number of hydrogen-bond donors (Lipinski definition) is 2. The number of pyridine rings is 2. The Hall–Kier alpha value is -2.21. The van der Waals surface area contributed by atoms with E-state index in [-0.39, 0.29) is 6.17 Å². The molecule has 110 valence electrons. The molecule has 0 aliphatic heterocycles. The Labute approximate surface area is 123 Å². The van der Waals surface area contributed by atoms with Crippen LogP contribution in [0.25, 0.3) is 22.1 Å². The highest BCUT2D eigenvalue weighted by atomic mass is 15.2. The average molecular weight is 284 g/mol. The van der Waals surface area contributed by atoms with Gasteiger partial charge in [-0.15, -0.1) is 0 Å². The Morgan fingerprint density at radius 2 is 2.10 bits per heavy atom. The number of imidazole rings is 1. The van der Waals surface area contributed by atoms with Crippen LogP contribution in [0.5, 0.6) is 0 Å². The molecule has 0 radical (unpaired) electrons. The topological polar surface area (TPSA) is 95.6 Å². The number of aryl methyl sites for hydroxylation is 1. The summed E-state index contributed by atoms with van der Waals surface area (Å²) in [6.07, 6.45) is 4.61. The molecule has 0 saturated carbocycles. The van der Waals surface area contributed by atoms with Crippen molar-refractivity contribution in [2.45, 2.75) is 39.3 Å². The van der Waals surface area contributed by atoms with E-state index in [1.54, 1.807) is 6.20 Å². The monoisotopic (exact) mass is 284 g/mol. The highest BCUT2D eigenvalue weighted by Gasteiger charge is 2.19.